The first-order valence-electron chi connectivity index (χ1n) is 5.41. The number of rotatable bonds is 3. The molecule has 4 heteroatoms. The predicted octanol–water partition coefficient (Wildman–Crippen LogP) is 3.10. The average Bonchev–Trinajstić information content (AvgIpc) is 2.62. The number of aryl methyl sites for hydroxylation is 2. The largest absolute Gasteiger partial charge is 0.466 e. The fraction of sp³-hybridized carbons (Fsp3) is 0.231. The lowest BCUT2D eigenvalue weighted by atomic mass is 9.99. The van der Waals surface area contributed by atoms with Crippen molar-refractivity contribution in [2.75, 3.05) is 0 Å². The molecule has 17 heavy (non-hydrogen) atoms. The molecule has 1 heterocycles. The quantitative estimate of drug-likeness (QED) is 0.650. The fourth-order valence-electron chi connectivity index (χ4n) is 1.99. The Hall–Kier alpha value is -1.29. The van der Waals surface area contributed by atoms with Gasteiger partial charge in [-0.3, -0.25) is 5.84 Å². The SMILES string of the molecule is Cc1cc(C(NN)c2ccccc2Cl)c(C)o1. The van der Waals surface area contributed by atoms with Gasteiger partial charge in [-0.2, -0.15) is 0 Å². The van der Waals surface area contributed by atoms with Crippen LogP contribution in [-0.2, 0) is 0 Å². The summed E-state index contributed by atoms with van der Waals surface area (Å²) in [5, 5.41) is 0.689. The summed E-state index contributed by atoms with van der Waals surface area (Å²) in [6.45, 7) is 3.83. The van der Waals surface area contributed by atoms with E-state index in [9.17, 15) is 0 Å². The van der Waals surface area contributed by atoms with Crippen molar-refractivity contribution in [3.63, 3.8) is 0 Å². The first kappa shape index (κ1) is 12.2. The minimum atomic E-state index is -0.152. The Morgan fingerprint density at radius 3 is 2.47 bits per heavy atom. The number of hydrazine groups is 1. The number of hydrogen-bond donors (Lipinski definition) is 2. The minimum absolute atomic E-state index is 0.152. The highest BCUT2D eigenvalue weighted by atomic mass is 35.5. The molecular formula is C13H15ClN2O. The van der Waals surface area contributed by atoms with Crippen molar-refractivity contribution in [3.05, 3.63) is 58.0 Å². The van der Waals surface area contributed by atoms with Crippen LogP contribution in [0.2, 0.25) is 5.02 Å². The minimum Gasteiger partial charge on any atom is -0.466 e. The van der Waals surface area contributed by atoms with Crippen molar-refractivity contribution < 1.29 is 4.42 Å². The molecule has 1 aromatic carbocycles. The van der Waals surface area contributed by atoms with Gasteiger partial charge in [-0.25, -0.2) is 5.43 Å². The van der Waals surface area contributed by atoms with E-state index in [2.05, 4.69) is 5.43 Å². The summed E-state index contributed by atoms with van der Waals surface area (Å²) in [6, 6.07) is 9.46. The van der Waals surface area contributed by atoms with E-state index in [1.807, 2.05) is 44.2 Å². The van der Waals surface area contributed by atoms with Crippen LogP contribution in [-0.4, -0.2) is 0 Å². The molecule has 0 bridgehead atoms. The van der Waals surface area contributed by atoms with Gasteiger partial charge >= 0.3 is 0 Å². The first-order chi connectivity index (χ1) is 8.13. The van der Waals surface area contributed by atoms with Crippen LogP contribution >= 0.6 is 11.6 Å². The fourth-order valence-corrected chi connectivity index (χ4v) is 2.24. The molecule has 1 atom stereocenters. The molecule has 0 saturated carbocycles. The highest BCUT2D eigenvalue weighted by Gasteiger charge is 2.19. The van der Waals surface area contributed by atoms with Crippen LogP contribution in [0.1, 0.15) is 28.7 Å². The molecule has 0 aliphatic carbocycles. The molecule has 0 amide bonds. The molecule has 3 nitrogen and oxygen atoms in total. The summed E-state index contributed by atoms with van der Waals surface area (Å²) in [5.74, 6) is 7.35. The summed E-state index contributed by atoms with van der Waals surface area (Å²) in [5.41, 5.74) is 4.74. The van der Waals surface area contributed by atoms with Crippen molar-refractivity contribution in [1.29, 1.82) is 0 Å². The van der Waals surface area contributed by atoms with E-state index in [-0.39, 0.29) is 6.04 Å². The third-order valence-electron chi connectivity index (χ3n) is 2.77. The van der Waals surface area contributed by atoms with Crippen molar-refractivity contribution in [1.82, 2.24) is 5.43 Å². The van der Waals surface area contributed by atoms with Crippen molar-refractivity contribution >= 4 is 11.6 Å². The van der Waals surface area contributed by atoms with Gasteiger partial charge in [0.1, 0.15) is 11.5 Å². The van der Waals surface area contributed by atoms with Crippen LogP contribution in [0.25, 0.3) is 0 Å². The van der Waals surface area contributed by atoms with Gasteiger partial charge in [0.15, 0.2) is 0 Å². The zero-order valence-electron chi connectivity index (χ0n) is 9.83. The Labute approximate surface area is 106 Å². The van der Waals surface area contributed by atoms with Gasteiger partial charge in [0.05, 0.1) is 6.04 Å². The van der Waals surface area contributed by atoms with Crippen LogP contribution in [0.15, 0.2) is 34.7 Å². The van der Waals surface area contributed by atoms with Crippen LogP contribution in [0.3, 0.4) is 0 Å². The Bertz CT molecular complexity index is 522. The van der Waals surface area contributed by atoms with Crippen LogP contribution in [0, 0.1) is 13.8 Å². The number of nitrogens with one attached hydrogen (secondary N) is 1. The molecule has 1 aromatic heterocycles. The van der Waals surface area contributed by atoms with Crippen LogP contribution < -0.4 is 11.3 Å². The molecule has 0 saturated heterocycles. The molecular weight excluding hydrogens is 236 g/mol. The van der Waals surface area contributed by atoms with Crippen molar-refractivity contribution in [2.45, 2.75) is 19.9 Å². The van der Waals surface area contributed by atoms with Gasteiger partial charge in [-0.1, -0.05) is 29.8 Å². The van der Waals surface area contributed by atoms with Gasteiger partial charge < -0.3 is 4.42 Å². The topological polar surface area (TPSA) is 51.2 Å². The van der Waals surface area contributed by atoms with E-state index in [1.165, 1.54) is 0 Å². The third kappa shape index (κ3) is 2.36. The number of halogens is 1. The summed E-state index contributed by atoms with van der Waals surface area (Å²) in [7, 11) is 0. The zero-order chi connectivity index (χ0) is 12.4. The summed E-state index contributed by atoms with van der Waals surface area (Å²) in [6.07, 6.45) is 0. The van der Waals surface area contributed by atoms with E-state index < -0.39 is 0 Å². The number of nitrogens with two attached hydrogens (primary N) is 1. The van der Waals surface area contributed by atoms with Crippen LogP contribution in [0.4, 0.5) is 0 Å². The molecule has 0 spiro atoms. The van der Waals surface area contributed by atoms with Gasteiger partial charge in [0.25, 0.3) is 0 Å². The Kier molecular flexibility index (Phi) is 3.52. The monoisotopic (exact) mass is 250 g/mol. The van der Waals surface area contributed by atoms with E-state index >= 15 is 0 Å². The van der Waals surface area contributed by atoms with Crippen LogP contribution in [0.5, 0.6) is 0 Å². The standard InChI is InChI=1S/C13H15ClN2O/c1-8-7-11(9(2)17-8)13(16-15)10-5-3-4-6-12(10)14/h3-7,13,16H,15H2,1-2H3. The van der Waals surface area contributed by atoms with E-state index in [0.717, 1.165) is 22.6 Å². The highest BCUT2D eigenvalue weighted by Crippen LogP contribution is 2.30. The summed E-state index contributed by atoms with van der Waals surface area (Å²) >= 11 is 6.18. The first-order valence-corrected chi connectivity index (χ1v) is 5.78. The lowest BCUT2D eigenvalue weighted by molar-refractivity contribution is 0.495. The summed E-state index contributed by atoms with van der Waals surface area (Å²) < 4.78 is 5.52. The van der Waals surface area contributed by atoms with E-state index in [4.69, 9.17) is 21.9 Å². The Morgan fingerprint density at radius 2 is 1.94 bits per heavy atom. The summed E-state index contributed by atoms with van der Waals surface area (Å²) in [4.78, 5) is 0. The third-order valence-corrected chi connectivity index (χ3v) is 3.12. The maximum absolute atomic E-state index is 6.18. The van der Waals surface area contributed by atoms with E-state index in [1.54, 1.807) is 0 Å². The predicted molar refractivity (Wildman–Crippen MR) is 68.8 cm³/mol. The molecule has 0 aliphatic rings. The normalized spacial score (nSPS) is 12.7. The smallest absolute Gasteiger partial charge is 0.106 e. The Morgan fingerprint density at radius 1 is 1.24 bits per heavy atom. The average molecular weight is 251 g/mol. The zero-order valence-corrected chi connectivity index (χ0v) is 10.6. The molecule has 0 aliphatic heterocycles. The maximum Gasteiger partial charge on any atom is 0.106 e. The Balaban J connectivity index is 2.47. The van der Waals surface area contributed by atoms with Gasteiger partial charge in [-0.15, -0.1) is 0 Å². The molecule has 1 unspecified atom stereocenters. The number of furan rings is 1. The van der Waals surface area contributed by atoms with Gasteiger partial charge in [0, 0.05) is 10.6 Å². The maximum atomic E-state index is 6.18. The highest BCUT2D eigenvalue weighted by molar-refractivity contribution is 6.31. The second-order valence-corrected chi connectivity index (χ2v) is 4.40. The van der Waals surface area contributed by atoms with Gasteiger partial charge in [0.2, 0.25) is 0 Å². The van der Waals surface area contributed by atoms with Gasteiger partial charge in [-0.05, 0) is 31.5 Å². The lowest BCUT2D eigenvalue weighted by Gasteiger charge is -2.17. The van der Waals surface area contributed by atoms with Crippen molar-refractivity contribution in [2.24, 2.45) is 5.84 Å². The molecule has 0 fully saturated rings. The number of benzene rings is 1. The lowest BCUT2D eigenvalue weighted by Crippen LogP contribution is -2.29. The molecule has 2 rings (SSSR count). The van der Waals surface area contributed by atoms with Crippen molar-refractivity contribution in [3.8, 4) is 0 Å². The molecule has 3 N–H and O–H groups in total. The molecule has 2 aromatic rings. The van der Waals surface area contributed by atoms with E-state index in [0.29, 0.717) is 5.02 Å². The molecule has 0 radical (unpaired) electrons. The second-order valence-electron chi connectivity index (χ2n) is 3.99. The number of hydrogen-bond acceptors (Lipinski definition) is 3. The molecule has 90 valence electrons. The second kappa shape index (κ2) is 4.92.